The number of piperazine rings is 1. The summed E-state index contributed by atoms with van der Waals surface area (Å²) >= 11 is 0. The maximum Gasteiger partial charge on any atom is 0.157 e. The molecule has 2 aliphatic rings. The lowest BCUT2D eigenvalue weighted by molar-refractivity contribution is 0.585. The van der Waals surface area contributed by atoms with Crippen LogP contribution in [0.25, 0.3) is 10.8 Å². The number of nitrogens with one attached hydrogen (secondary N) is 2. The SMILES string of the molecule is Cc1nnc(N[C@H](C)C2=CC=CCC2)c2cc(N3CCNCC3)ncc12. The maximum atomic E-state index is 4.68. The number of nitrogens with zero attached hydrogens (tertiary/aromatic N) is 4. The number of hydrogen-bond donors (Lipinski definition) is 2. The van der Waals surface area contributed by atoms with Crippen LogP contribution < -0.4 is 15.5 Å². The fourth-order valence-corrected chi connectivity index (χ4v) is 3.61. The number of rotatable bonds is 4. The highest BCUT2D eigenvalue weighted by atomic mass is 15.2. The van der Waals surface area contributed by atoms with Crippen LogP contribution in [-0.4, -0.2) is 47.4 Å². The minimum absolute atomic E-state index is 0.232. The van der Waals surface area contributed by atoms with E-state index in [9.17, 15) is 0 Å². The van der Waals surface area contributed by atoms with Gasteiger partial charge in [0, 0.05) is 49.2 Å². The second-order valence-electron chi connectivity index (χ2n) is 7.03. The molecule has 2 aromatic rings. The van der Waals surface area contributed by atoms with Crippen molar-refractivity contribution in [3.05, 3.63) is 41.8 Å². The van der Waals surface area contributed by atoms with E-state index in [-0.39, 0.29) is 6.04 Å². The predicted molar refractivity (Wildman–Crippen MR) is 107 cm³/mol. The zero-order valence-electron chi connectivity index (χ0n) is 15.5. The van der Waals surface area contributed by atoms with Gasteiger partial charge in [0.25, 0.3) is 0 Å². The molecule has 0 saturated carbocycles. The van der Waals surface area contributed by atoms with Crippen LogP contribution >= 0.6 is 0 Å². The van der Waals surface area contributed by atoms with Crippen LogP contribution in [0, 0.1) is 6.92 Å². The third-order valence-corrected chi connectivity index (χ3v) is 5.23. The number of fused-ring (bicyclic) bond motifs is 1. The fourth-order valence-electron chi connectivity index (χ4n) is 3.61. The quantitative estimate of drug-likeness (QED) is 0.884. The molecule has 1 atom stereocenters. The van der Waals surface area contributed by atoms with Gasteiger partial charge in [-0.05, 0) is 38.3 Å². The molecule has 3 heterocycles. The van der Waals surface area contributed by atoms with Gasteiger partial charge in [-0.2, -0.15) is 5.10 Å². The van der Waals surface area contributed by atoms with Crippen molar-refractivity contribution in [1.82, 2.24) is 20.5 Å². The molecule has 1 aliphatic heterocycles. The van der Waals surface area contributed by atoms with Gasteiger partial charge >= 0.3 is 0 Å². The molecule has 1 aliphatic carbocycles. The van der Waals surface area contributed by atoms with Gasteiger partial charge in [-0.1, -0.05) is 18.2 Å². The molecule has 1 saturated heterocycles. The summed E-state index contributed by atoms with van der Waals surface area (Å²) < 4.78 is 0. The third kappa shape index (κ3) is 3.42. The molecule has 4 rings (SSSR count). The van der Waals surface area contributed by atoms with Gasteiger partial charge in [0.2, 0.25) is 0 Å². The summed E-state index contributed by atoms with van der Waals surface area (Å²) in [4.78, 5) is 7.01. The van der Waals surface area contributed by atoms with E-state index in [1.54, 1.807) is 0 Å². The number of hydrogen-bond acceptors (Lipinski definition) is 6. The summed E-state index contributed by atoms with van der Waals surface area (Å²) in [6.45, 7) is 8.14. The molecule has 2 N–H and O–H groups in total. The highest BCUT2D eigenvalue weighted by molar-refractivity contribution is 5.94. The Labute approximate surface area is 154 Å². The summed E-state index contributed by atoms with van der Waals surface area (Å²) in [5, 5.41) is 17.9. The molecule has 0 aromatic carbocycles. The van der Waals surface area contributed by atoms with Gasteiger partial charge in [-0.3, -0.25) is 0 Å². The van der Waals surface area contributed by atoms with Crippen LogP contribution in [0.1, 0.15) is 25.5 Å². The topological polar surface area (TPSA) is 66.0 Å². The average molecular weight is 350 g/mol. The summed E-state index contributed by atoms with van der Waals surface area (Å²) in [5.74, 6) is 1.86. The Morgan fingerprint density at radius 1 is 1.19 bits per heavy atom. The van der Waals surface area contributed by atoms with Gasteiger partial charge in [0.15, 0.2) is 5.82 Å². The van der Waals surface area contributed by atoms with Gasteiger partial charge in [-0.15, -0.1) is 5.10 Å². The number of anilines is 2. The van der Waals surface area contributed by atoms with Crippen LogP contribution in [0.5, 0.6) is 0 Å². The van der Waals surface area contributed by atoms with Crippen LogP contribution in [0.2, 0.25) is 0 Å². The van der Waals surface area contributed by atoms with E-state index in [4.69, 9.17) is 0 Å². The number of aryl methyl sites for hydroxylation is 1. The highest BCUT2D eigenvalue weighted by Crippen LogP contribution is 2.28. The summed E-state index contributed by atoms with van der Waals surface area (Å²) in [6, 6.07) is 2.39. The van der Waals surface area contributed by atoms with Crippen molar-refractivity contribution in [2.75, 3.05) is 36.4 Å². The molecule has 6 heteroatoms. The first-order chi connectivity index (χ1) is 12.7. The standard InChI is InChI=1S/C20H26N6/c1-14(16-6-4-3-5-7-16)23-20-17-12-19(26-10-8-21-9-11-26)22-13-18(17)15(2)24-25-20/h3-4,6,12-14,21H,5,7-11H2,1-2H3,(H,23,25)/t14-/m1/s1. The Bertz CT molecular complexity index is 851. The van der Waals surface area contributed by atoms with E-state index in [1.807, 2.05) is 13.1 Å². The highest BCUT2D eigenvalue weighted by Gasteiger charge is 2.17. The Morgan fingerprint density at radius 3 is 2.81 bits per heavy atom. The van der Waals surface area contributed by atoms with Crippen molar-refractivity contribution < 1.29 is 0 Å². The lowest BCUT2D eigenvalue weighted by atomic mass is 9.99. The molecule has 6 nitrogen and oxygen atoms in total. The normalized spacial score (nSPS) is 18.7. The lowest BCUT2D eigenvalue weighted by Gasteiger charge is -2.28. The van der Waals surface area contributed by atoms with Gasteiger partial charge in [0.05, 0.1) is 5.69 Å². The minimum atomic E-state index is 0.232. The molecule has 26 heavy (non-hydrogen) atoms. The van der Waals surface area contributed by atoms with Crippen LogP contribution in [0.4, 0.5) is 11.6 Å². The van der Waals surface area contributed by atoms with Gasteiger partial charge in [0.1, 0.15) is 5.82 Å². The first-order valence-electron chi connectivity index (χ1n) is 9.43. The summed E-state index contributed by atoms with van der Waals surface area (Å²) in [6.07, 6.45) is 10.7. The van der Waals surface area contributed by atoms with Crippen molar-refractivity contribution in [3.8, 4) is 0 Å². The van der Waals surface area contributed by atoms with Crippen molar-refractivity contribution in [1.29, 1.82) is 0 Å². The van der Waals surface area contributed by atoms with Crippen LogP contribution in [0.15, 0.2) is 36.1 Å². The minimum Gasteiger partial charge on any atom is -0.362 e. The molecular weight excluding hydrogens is 324 g/mol. The van der Waals surface area contributed by atoms with Crippen LogP contribution in [0.3, 0.4) is 0 Å². The first kappa shape index (κ1) is 17.0. The van der Waals surface area contributed by atoms with E-state index < -0.39 is 0 Å². The van der Waals surface area contributed by atoms with Crippen molar-refractivity contribution >= 4 is 22.4 Å². The largest absolute Gasteiger partial charge is 0.362 e. The molecule has 136 valence electrons. The number of aromatic nitrogens is 3. The monoisotopic (exact) mass is 350 g/mol. The van der Waals surface area contributed by atoms with Crippen molar-refractivity contribution in [3.63, 3.8) is 0 Å². The molecule has 0 amide bonds. The van der Waals surface area contributed by atoms with Crippen molar-refractivity contribution in [2.24, 2.45) is 0 Å². The summed E-state index contributed by atoms with van der Waals surface area (Å²) in [5.41, 5.74) is 2.32. The number of allylic oxidation sites excluding steroid dienone is 3. The molecule has 0 bridgehead atoms. The van der Waals surface area contributed by atoms with E-state index in [2.05, 4.69) is 61.9 Å². The van der Waals surface area contributed by atoms with E-state index in [1.165, 1.54) is 5.57 Å². The first-order valence-corrected chi connectivity index (χ1v) is 9.43. The Morgan fingerprint density at radius 2 is 2.04 bits per heavy atom. The smallest absolute Gasteiger partial charge is 0.157 e. The lowest BCUT2D eigenvalue weighted by Crippen LogP contribution is -2.43. The van der Waals surface area contributed by atoms with E-state index in [0.717, 1.165) is 67.1 Å². The maximum absolute atomic E-state index is 4.68. The average Bonchev–Trinajstić information content (AvgIpc) is 2.71. The molecule has 0 spiro atoms. The van der Waals surface area contributed by atoms with Crippen molar-refractivity contribution in [2.45, 2.75) is 32.7 Å². The molecule has 2 aromatic heterocycles. The second kappa shape index (κ2) is 7.41. The zero-order chi connectivity index (χ0) is 17.9. The Kier molecular flexibility index (Phi) is 4.84. The molecule has 1 fully saturated rings. The van der Waals surface area contributed by atoms with E-state index >= 15 is 0 Å². The summed E-state index contributed by atoms with van der Waals surface area (Å²) in [7, 11) is 0. The Balaban J connectivity index is 1.67. The molecule has 0 radical (unpaired) electrons. The molecular formula is C20H26N6. The van der Waals surface area contributed by atoms with Crippen LogP contribution in [-0.2, 0) is 0 Å². The molecule has 0 unspecified atom stereocenters. The van der Waals surface area contributed by atoms with E-state index in [0.29, 0.717) is 0 Å². The second-order valence-corrected chi connectivity index (χ2v) is 7.03. The Hall–Kier alpha value is -2.47. The third-order valence-electron chi connectivity index (χ3n) is 5.23. The predicted octanol–water partition coefficient (Wildman–Crippen LogP) is 2.82. The zero-order valence-corrected chi connectivity index (χ0v) is 15.5. The number of pyridine rings is 1. The van der Waals surface area contributed by atoms with Gasteiger partial charge in [-0.25, -0.2) is 4.98 Å². The van der Waals surface area contributed by atoms with Gasteiger partial charge < -0.3 is 15.5 Å². The fraction of sp³-hybridized carbons (Fsp3) is 0.450.